The van der Waals surface area contributed by atoms with Crippen LogP contribution < -0.4 is 5.32 Å². The number of sulfone groups is 1. The van der Waals surface area contributed by atoms with Gasteiger partial charge in [-0.25, -0.2) is 27.2 Å². The minimum absolute atomic E-state index is 0.184. The number of halogens is 2. The summed E-state index contributed by atoms with van der Waals surface area (Å²) in [6, 6.07) is 7.11. The molecule has 1 saturated carbocycles. The Hall–Kier alpha value is -2.59. The monoisotopic (exact) mass is 490 g/mol. The molecule has 0 amide bonds. The number of alkyl halides is 2. The second-order valence-electron chi connectivity index (χ2n) is 9.23. The Kier molecular flexibility index (Phi) is 6.05. The van der Waals surface area contributed by atoms with Crippen LogP contribution in [0.1, 0.15) is 74.2 Å². The number of nitrogens with one attached hydrogen (secondary N) is 1. The third-order valence-electron chi connectivity index (χ3n) is 6.69. The first-order valence-corrected chi connectivity index (χ1v) is 13.5. The first kappa shape index (κ1) is 23.2. The standard InChI is InChI=1S/C24H28F2N4O3S/c1-14-12-18(28-17-10-9-16(15-6-5-7-15)13-19(17)34(2,31)32)21-23(27-14)30(24(29-21)22(25)26)20-8-3-4-11-33-20/h9-10,12-13,15,20,22H,3-8,11H2,1-2H3,(H,27,28). The van der Waals surface area contributed by atoms with E-state index in [1.54, 1.807) is 25.1 Å². The summed E-state index contributed by atoms with van der Waals surface area (Å²) in [7, 11) is -3.53. The Labute approximate surface area is 197 Å². The van der Waals surface area contributed by atoms with Gasteiger partial charge in [-0.1, -0.05) is 12.5 Å². The summed E-state index contributed by atoms with van der Waals surface area (Å²) in [5.74, 6) is -0.0177. The van der Waals surface area contributed by atoms with E-state index in [-0.39, 0.29) is 10.4 Å². The lowest BCUT2D eigenvalue weighted by Gasteiger charge is -2.26. The summed E-state index contributed by atoms with van der Waals surface area (Å²) in [6.45, 7) is 2.26. The van der Waals surface area contributed by atoms with Crippen LogP contribution in [0.3, 0.4) is 0 Å². The number of rotatable bonds is 6. The SMILES string of the molecule is Cc1cc(Nc2ccc(C3CCC3)cc2S(C)(=O)=O)c2nc(C(F)F)n(C3CCCCO3)c2n1. The molecule has 3 heterocycles. The Morgan fingerprint density at radius 3 is 2.50 bits per heavy atom. The topological polar surface area (TPSA) is 86.1 Å². The second-order valence-corrected chi connectivity index (χ2v) is 11.2. The lowest BCUT2D eigenvalue weighted by molar-refractivity contribution is -0.0363. The number of pyridine rings is 1. The molecule has 2 aliphatic rings. The Morgan fingerprint density at radius 2 is 1.88 bits per heavy atom. The van der Waals surface area contributed by atoms with Gasteiger partial charge in [-0.2, -0.15) is 0 Å². The molecule has 7 nitrogen and oxygen atoms in total. The van der Waals surface area contributed by atoms with Gasteiger partial charge in [0.25, 0.3) is 6.43 Å². The minimum Gasteiger partial charge on any atom is -0.358 e. The molecule has 2 fully saturated rings. The highest BCUT2D eigenvalue weighted by Crippen LogP contribution is 2.40. The van der Waals surface area contributed by atoms with Crippen molar-refractivity contribution >= 4 is 32.4 Å². The molecule has 2 aromatic heterocycles. The van der Waals surface area contributed by atoms with E-state index >= 15 is 0 Å². The van der Waals surface area contributed by atoms with Crippen molar-refractivity contribution in [2.24, 2.45) is 0 Å². The van der Waals surface area contributed by atoms with Crippen molar-refractivity contribution in [3.05, 3.63) is 41.3 Å². The third-order valence-corrected chi connectivity index (χ3v) is 7.83. The second kappa shape index (κ2) is 8.88. The van der Waals surface area contributed by atoms with Crippen molar-refractivity contribution in [3.63, 3.8) is 0 Å². The van der Waals surface area contributed by atoms with Crippen LogP contribution in [0, 0.1) is 6.92 Å². The van der Waals surface area contributed by atoms with Crippen LogP contribution in [0.25, 0.3) is 11.2 Å². The summed E-state index contributed by atoms with van der Waals surface area (Å²) < 4.78 is 60.4. The van der Waals surface area contributed by atoms with Gasteiger partial charge in [0.1, 0.15) is 11.7 Å². The van der Waals surface area contributed by atoms with Gasteiger partial charge in [0.05, 0.1) is 16.3 Å². The zero-order valence-electron chi connectivity index (χ0n) is 19.2. The Bertz CT molecular complexity index is 1330. The molecule has 10 heteroatoms. The van der Waals surface area contributed by atoms with Crippen LogP contribution in [-0.4, -0.2) is 35.8 Å². The third kappa shape index (κ3) is 4.29. The van der Waals surface area contributed by atoms with Crippen molar-refractivity contribution in [1.29, 1.82) is 0 Å². The molecular formula is C24H28F2N4O3S. The number of benzene rings is 1. The average molecular weight is 491 g/mol. The maximum atomic E-state index is 14.0. The highest BCUT2D eigenvalue weighted by molar-refractivity contribution is 7.90. The predicted molar refractivity (Wildman–Crippen MR) is 125 cm³/mol. The molecule has 182 valence electrons. The van der Waals surface area contributed by atoms with Crippen LogP contribution in [0.4, 0.5) is 20.2 Å². The zero-order chi connectivity index (χ0) is 24.0. The van der Waals surface area contributed by atoms with Gasteiger partial charge in [-0.05, 0) is 68.7 Å². The molecule has 1 N–H and O–H groups in total. The van der Waals surface area contributed by atoms with Crippen molar-refractivity contribution in [2.45, 2.75) is 68.9 Å². The average Bonchev–Trinajstić information content (AvgIpc) is 3.13. The van der Waals surface area contributed by atoms with E-state index in [1.165, 1.54) is 10.8 Å². The fourth-order valence-corrected chi connectivity index (χ4v) is 5.62. The summed E-state index contributed by atoms with van der Waals surface area (Å²) >= 11 is 0. The molecule has 34 heavy (non-hydrogen) atoms. The van der Waals surface area contributed by atoms with Crippen molar-refractivity contribution < 1.29 is 21.9 Å². The van der Waals surface area contributed by atoms with E-state index in [2.05, 4.69) is 15.3 Å². The van der Waals surface area contributed by atoms with E-state index < -0.39 is 28.3 Å². The molecule has 1 aliphatic heterocycles. The molecular weight excluding hydrogens is 462 g/mol. The molecule has 1 aliphatic carbocycles. The van der Waals surface area contributed by atoms with Gasteiger partial charge < -0.3 is 10.1 Å². The number of aromatic nitrogens is 3. The van der Waals surface area contributed by atoms with Gasteiger partial charge >= 0.3 is 0 Å². The summed E-state index contributed by atoms with van der Waals surface area (Å²) in [4.78, 5) is 8.94. The number of hydrogen-bond acceptors (Lipinski definition) is 6. The zero-order valence-corrected chi connectivity index (χ0v) is 20.0. The number of fused-ring (bicyclic) bond motifs is 1. The number of aryl methyl sites for hydroxylation is 1. The number of hydrogen-bond donors (Lipinski definition) is 1. The molecule has 5 rings (SSSR count). The van der Waals surface area contributed by atoms with E-state index in [9.17, 15) is 17.2 Å². The van der Waals surface area contributed by atoms with Gasteiger partial charge in [0.15, 0.2) is 21.3 Å². The summed E-state index contributed by atoms with van der Waals surface area (Å²) in [6.07, 6.45) is 3.42. The molecule has 1 atom stereocenters. The smallest absolute Gasteiger partial charge is 0.295 e. The number of anilines is 2. The molecule has 0 bridgehead atoms. The molecule has 1 saturated heterocycles. The predicted octanol–water partition coefficient (Wildman–Crippen LogP) is 5.79. The van der Waals surface area contributed by atoms with Crippen LogP contribution >= 0.6 is 0 Å². The maximum absolute atomic E-state index is 14.0. The van der Waals surface area contributed by atoms with Crippen molar-refractivity contribution in [2.75, 3.05) is 18.2 Å². The quantitative estimate of drug-likeness (QED) is 0.471. The van der Waals surface area contributed by atoms with Crippen LogP contribution in [0.5, 0.6) is 0 Å². The van der Waals surface area contributed by atoms with Gasteiger partial charge in [-0.3, -0.25) is 4.57 Å². The summed E-state index contributed by atoms with van der Waals surface area (Å²) in [5.41, 5.74) is 2.99. The molecule has 0 radical (unpaired) electrons. The van der Waals surface area contributed by atoms with Crippen LogP contribution in [-0.2, 0) is 14.6 Å². The number of ether oxygens (including phenoxy) is 1. The number of imidazole rings is 1. The largest absolute Gasteiger partial charge is 0.358 e. The highest BCUT2D eigenvalue weighted by Gasteiger charge is 2.29. The van der Waals surface area contributed by atoms with E-state index in [4.69, 9.17) is 4.74 Å². The maximum Gasteiger partial charge on any atom is 0.295 e. The van der Waals surface area contributed by atoms with Gasteiger partial charge in [0, 0.05) is 18.6 Å². The molecule has 3 aromatic rings. The molecule has 0 spiro atoms. The van der Waals surface area contributed by atoms with Crippen LogP contribution in [0.15, 0.2) is 29.2 Å². The van der Waals surface area contributed by atoms with Gasteiger partial charge in [0.2, 0.25) is 0 Å². The Morgan fingerprint density at radius 1 is 1.09 bits per heavy atom. The van der Waals surface area contributed by atoms with Gasteiger partial charge in [-0.15, -0.1) is 0 Å². The highest BCUT2D eigenvalue weighted by atomic mass is 32.2. The van der Waals surface area contributed by atoms with E-state index in [0.717, 1.165) is 37.7 Å². The van der Waals surface area contributed by atoms with Crippen molar-refractivity contribution in [3.8, 4) is 0 Å². The van der Waals surface area contributed by atoms with Crippen LogP contribution in [0.2, 0.25) is 0 Å². The first-order chi connectivity index (χ1) is 16.2. The van der Waals surface area contributed by atoms with E-state index in [0.29, 0.717) is 41.7 Å². The lowest BCUT2D eigenvalue weighted by atomic mass is 9.80. The molecule has 1 aromatic carbocycles. The lowest BCUT2D eigenvalue weighted by Crippen LogP contribution is -2.20. The number of nitrogens with zero attached hydrogens (tertiary/aromatic N) is 3. The first-order valence-electron chi connectivity index (χ1n) is 11.6. The summed E-state index contributed by atoms with van der Waals surface area (Å²) in [5, 5.41) is 3.17. The van der Waals surface area contributed by atoms with Crippen molar-refractivity contribution in [1.82, 2.24) is 14.5 Å². The molecule has 1 unspecified atom stereocenters. The normalized spacial score (nSPS) is 19.5. The Balaban J connectivity index is 1.62. The fourth-order valence-electron chi connectivity index (χ4n) is 4.76. The fraction of sp³-hybridized carbons (Fsp3) is 0.500. The van der Waals surface area contributed by atoms with E-state index in [1.807, 2.05) is 6.07 Å². The minimum atomic E-state index is -3.53.